The van der Waals surface area contributed by atoms with E-state index < -0.39 is 23.5 Å². The Bertz CT molecular complexity index is 1340. The van der Waals surface area contributed by atoms with Gasteiger partial charge in [-0.25, -0.2) is 4.39 Å². The largest absolute Gasteiger partial charge is 0.419 e. The predicted octanol–water partition coefficient (Wildman–Crippen LogP) is 7.18. The summed E-state index contributed by atoms with van der Waals surface area (Å²) in [6, 6.07) is 10.3. The minimum absolute atomic E-state index is 0.0795. The van der Waals surface area contributed by atoms with E-state index in [1.807, 2.05) is 0 Å². The van der Waals surface area contributed by atoms with Gasteiger partial charge in [0.2, 0.25) is 5.91 Å². The summed E-state index contributed by atoms with van der Waals surface area (Å²) in [5, 5.41) is 3.64. The molecule has 0 atom stereocenters. The molecule has 4 rings (SSSR count). The van der Waals surface area contributed by atoms with Crippen LogP contribution in [0.5, 0.6) is 0 Å². The molecule has 0 bridgehead atoms. The highest BCUT2D eigenvalue weighted by molar-refractivity contribution is 6.35. The van der Waals surface area contributed by atoms with Crippen LogP contribution in [-0.4, -0.2) is 23.3 Å². The molecule has 1 aliphatic rings. The summed E-state index contributed by atoms with van der Waals surface area (Å²) in [5.41, 5.74) is 0.888. The molecule has 188 valence electrons. The summed E-state index contributed by atoms with van der Waals surface area (Å²) < 4.78 is 52.2. The van der Waals surface area contributed by atoms with Gasteiger partial charge in [-0.05, 0) is 59.5 Å². The van der Waals surface area contributed by atoms with Gasteiger partial charge in [0.05, 0.1) is 22.7 Å². The normalized spacial score (nSPS) is 13.4. The van der Waals surface area contributed by atoms with Gasteiger partial charge in [-0.2, -0.15) is 13.2 Å². The van der Waals surface area contributed by atoms with Gasteiger partial charge in [-0.1, -0.05) is 46.9 Å². The molecule has 1 N–H and O–H groups in total. The van der Waals surface area contributed by atoms with Gasteiger partial charge in [0.15, 0.2) is 0 Å². The first-order chi connectivity index (χ1) is 16.9. The second-order valence-electron chi connectivity index (χ2n) is 8.23. The van der Waals surface area contributed by atoms with Crippen molar-refractivity contribution in [3.8, 4) is 0 Å². The number of hydrogen-bond donors (Lipinski definition) is 1. The van der Waals surface area contributed by atoms with Crippen LogP contribution in [0.3, 0.4) is 0 Å². The SMILES string of the molecule is O=C(Cc1ccc(C(F)(F)F)c(F)c1)Nc1c(Cl)ccc2c1CCN(C(=O)c1cc(Cl)cc(Cl)c1)C2. The smallest absolute Gasteiger partial charge is 0.334 e. The average Bonchev–Trinajstić information content (AvgIpc) is 2.78. The molecule has 0 aliphatic carbocycles. The standard InChI is InChI=1S/C25H17Cl3F4N2O2/c26-16-9-15(10-17(27)11-16)24(36)34-6-5-18-14(12-34)2-4-20(28)23(18)33-22(35)8-13-1-3-19(21(29)7-13)25(30,31)32/h1-4,7,9-11H,5-6,8,12H2,(H,33,35). The first-order valence-electron chi connectivity index (χ1n) is 10.6. The van der Waals surface area contributed by atoms with Gasteiger partial charge in [0, 0.05) is 28.7 Å². The average molecular weight is 560 g/mol. The van der Waals surface area contributed by atoms with E-state index in [-0.39, 0.29) is 29.5 Å². The van der Waals surface area contributed by atoms with E-state index >= 15 is 0 Å². The van der Waals surface area contributed by atoms with Gasteiger partial charge < -0.3 is 10.2 Å². The molecule has 3 aromatic rings. The molecule has 0 fully saturated rings. The van der Waals surface area contributed by atoms with Crippen LogP contribution in [0.2, 0.25) is 15.1 Å². The van der Waals surface area contributed by atoms with Crippen molar-refractivity contribution in [1.82, 2.24) is 4.90 Å². The quantitative estimate of drug-likeness (QED) is 0.344. The third-order valence-corrected chi connectivity index (χ3v) is 6.47. The molecule has 3 aromatic carbocycles. The third kappa shape index (κ3) is 5.77. The van der Waals surface area contributed by atoms with Crippen LogP contribution < -0.4 is 5.32 Å². The van der Waals surface area contributed by atoms with Crippen molar-refractivity contribution in [2.24, 2.45) is 0 Å². The number of anilines is 1. The number of rotatable bonds is 4. The number of alkyl halides is 3. The lowest BCUT2D eigenvalue weighted by Crippen LogP contribution is -2.36. The van der Waals surface area contributed by atoms with E-state index in [1.165, 1.54) is 18.2 Å². The number of carbonyl (C=O) groups is 2. The summed E-state index contributed by atoms with van der Waals surface area (Å²) in [6.45, 7) is 0.589. The number of halogens is 7. The monoisotopic (exact) mass is 558 g/mol. The van der Waals surface area contributed by atoms with Gasteiger partial charge >= 0.3 is 6.18 Å². The van der Waals surface area contributed by atoms with Crippen LogP contribution in [0.1, 0.15) is 32.6 Å². The van der Waals surface area contributed by atoms with Gasteiger partial charge in [0.1, 0.15) is 5.82 Å². The topological polar surface area (TPSA) is 49.4 Å². The Balaban J connectivity index is 1.50. The zero-order chi connectivity index (χ0) is 26.2. The van der Waals surface area contributed by atoms with Crippen molar-refractivity contribution >= 4 is 52.3 Å². The predicted molar refractivity (Wildman–Crippen MR) is 130 cm³/mol. The molecular formula is C25H17Cl3F4N2O2. The summed E-state index contributed by atoms with van der Waals surface area (Å²) in [5.74, 6) is -2.28. The maximum atomic E-state index is 13.9. The van der Waals surface area contributed by atoms with Crippen LogP contribution in [-0.2, 0) is 30.4 Å². The molecule has 0 saturated carbocycles. The van der Waals surface area contributed by atoms with Crippen molar-refractivity contribution in [2.45, 2.75) is 25.6 Å². The zero-order valence-electron chi connectivity index (χ0n) is 18.4. The molecule has 0 radical (unpaired) electrons. The van der Waals surface area contributed by atoms with Crippen LogP contribution in [0.15, 0.2) is 48.5 Å². The van der Waals surface area contributed by atoms with Crippen molar-refractivity contribution in [1.29, 1.82) is 0 Å². The van der Waals surface area contributed by atoms with E-state index in [2.05, 4.69) is 5.32 Å². The number of nitrogens with zero attached hydrogens (tertiary/aromatic N) is 1. The first kappa shape index (κ1) is 26.3. The number of nitrogens with one attached hydrogen (secondary N) is 1. The fourth-order valence-electron chi connectivity index (χ4n) is 4.06. The van der Waals surface area contributed by atoms with Gasteiger partial charge in [0.25, 0.3) is 5.91 Å². The number of amides is 2. The molecular weight excluding hydrogens is 543 g/mol. The fraction of sp³-hybridized carbons (Fsp3) is 0.200. The Labute approximate surface area is 218 Å². The molecule has 0 aromatic heterocycles. The first-order valence-corrected chi connectivity index (χ1v) is 11.8. The van der Waals surface area contributed by atoms with E-state index in [1.54, 1.807) is 17.0 Å². The number of benzene rings is 3. The molecule has 0 saturated heterocycles. The van der Waals surface area contributed by atoms with Gasteiger partial charge in [-0.3, -0.25) is 9.59 Å². The van der Waals surface area contributed by atoms with Crippen molar-refractivity contribution < 1.29 is 27.2 Å². The molecule has 0 unspecified atom stereocenters. The highest BCUT2D eigenvalue weighted by Crippen LogP contribution is 2.34. The lowest BCUT2D eigenvalue weighted by atomic mass is 9.96. The molecule has 1 heterocycles. The van der Waals surface area contributed by atoms with E-state index in [4.69, 9.17) is 34.8 Å². The highest BCUT2D eigenvalue weighted by atomic mass is 35.5. The Morgan fingerprint density at radius 2 is 1.67 bits per heavy atom. The summed E-state index contributed by atoms with van der Waals surface area (Å²) in [4.78, 5) is 27.2. The maximum absolute atomic E-state index is 13.9. The molecule has 36 heavy (non-hydrogen) atoms. The Morgan fingerprint density at radius 1 is 0.972 bits per heavy atom. The number of fused-ring (bicyclic) bond motifs is 1. The highest BCUT2D eigenvalue weighted by Gasteiger charge is 2.34. The van der Waals surface area contributed by atoms with E-state index in [0.29, 0.717) is 46.4 Å². The molecule has 1 aliphatic heterocycles. The Kier molecular flexibility index (Phi) is 7.50. The lowest BCUT2D eigenvalue weighted by molar-refractivity contribution is -0.140. The van der Waals surface area contributed by atoms with Crippen LogP contribution in [0, 0.1) is 5.82 Å². The Morgan fingerprint density at radius 3 is 2.31 bits per heavy atom. The summed E-state index contributed by atoms with van der Waals surface area (Å²) in [6.07, 6.45) is -4.79. The Hall–Kier alpha value is -2.81. The van der Waals surface area contributed by atoms with E-state index in [9.17, 15) is 27.2 Å². The van der Waals surface area contributed by atoms with Crippen LogP contribution >= 0.6 is 34.8 Å². The van der Waals surface area contributed by atoms with Crippen molar-refractivity contribution in [2.75, 3.05) is 11.9 Å². The minimum atomic E-state index is -4.82. The number of hydrogen-bond acceptors (Lipinski definition) is 2. The summed E-state index contributed by atoms with van der Waals surface area (Å²) >= 11 is 18.4. The summed E-state index contributed by atoms with van der Waals surface area (Å²) in [7, 11) is 0. The molecule has 2 amide bonds. The fourth-order valence-corrected chi connectivity index (χ4v) is 4.81. The van der Waals surface area contributed by atoms with Crippen molar-refractivity contribution in [3.63, 3.8) is 0 Å². The third-order valence-electron chi connectivity index (χ3n) is 5.72. The molecule has 4 nitrogen and oxygen atoms in total. The second kappa shape index (κ2) is 10.3. The second-order valence-corrected chi connectivity index (χ2v) is 9.51. The maximum Gasteiger partial charge on any atom is 0.419 e. The lowest BCUT2D eigenvalue weighted by Gasteiger charge is -2.30. The minimum Gasteiger partial charge on any atom is -0.334 e. The van der Waals surface area contributed by atoms with Crippen LogP contribution in [0.4, 0.5) is 23.2 Å². The van der Waals surface area contributed by atoms with Crippen LogP contribution in [0.25, 0.3) is 0 Å². The van der Waals surface area contributed by atoms with Crippen molar-refractivity contribution in [3.05, 3.63) is 97.2 Å². The van der Waals surface area contributed by atoms with E-state index in [0.717, 1.165) is 17.2 Å². The molecule has 11 heteroatoms. The number of carbonyl (C=O) groups excluding carboxylic acids is 2. The zero-order valence-corrected chi connectivity index (χ0v) is 20.6. The van der Waals surface area contributed by atoms with Gasteiger partial charge in [-0.15, -0.1) is 0 Å². The molecule has 0 spiro atoms.